The Hall–Kier alpha value is -2.73. The molecule has 0 aromatic heterocycles. The number of hydrogen-bond donors (Lipinski definition) is 0. The lowest BCUT2D eigenvalue weighted by Gasteiger charge is -2.35. The molecule has 154 valence electrons. The molecule has 1 aliphatic rings. The molecule has 0 unspecified atom stereocenters. The third-order valence-electron chi connectivity index (χ3n) is 5.15. The minimum Gasteiger partial charge on any atom is -0.496 e. The SMILES string of the molecule is COc1ccc(Cl)cc1C(=O)N1CCN(C(=O)COc2ccc(C)c(C)c2)CC1. The van der Waals surface area contributed by atoms with Gasteiger partial charge < -0.3 is 19.3 Å². The Morgan fingerprint density at radius 3 is 2.31 bits per heavy atom. The fraction of sp³-hybridized carbons (Fsp3) is 0.364. The average Bonchev–Trinajstić information content (AvgIpc) is 2.74. The number of carbonyl (C=O) groups excluding carboxylic acids is 2. The summed E-state index contributed by atoms with van der Waals surface area (Å²) in [7, 11) is 1.52. The van der Waals surface area contributed by atoms with Crippen LogP contribution in [0.4, 0.5) is 0 Å². The van der Waals surface area contributed by atoms with Gasteiger partial charge in [-0.25, -0.2) is 0 Å². The van der Waals surface area contributed by atoms with Gasteiger partial charge in [0, 0.05) is 31.2 Å². The van der Waals surface area contributed by atoms with E-state index in [-0.39, 0.29) is 18.4 Å². The Balaban J connectivity index is 1.54. The van der Waals surface area contributed by atoms with Crippen LogP contribution in [0.3, 0.4) is 0 Å². The maximum absolute atomic E-state index is 12.8. The molecule has 2 amide bonds. The lowest BCUT2D eigenvalue weighted by Crippen LogP contribution is -2.51. The van der Waals surface area contributed by atoms with Gasteiger partial charge in [-0.3, -0.25) is 9.59 Å². The zero-order valence-electron chi connectivity index (χ0n) is 16.9. The third kappa shape index (κ3) is 5.01. The monoisotopic (exact) mass is 416 g/mol. The van der Waals surface area contributed by atoms with E-state index in [1.165, 1.54) is 12.7 Å². The molecule has 1 saturated heterocycles. The van der Waals surface area contributed by atoms with Crippen molar-refractivity contribution in [1.82, 2.24) is 9.80 Å². The lowest BCUT2D eigenvalue weighted by atomic mass is 10.1. The van der Waals surface area contributed by atoms with Crippen molar-refractivity contribution in [2.24, 2.45) is 0 Å². The summed E-state index contributed by atoms with van der Waals surface area (Å²) >= 11 is 6.03. The highest BCUT2D eigenvalue weighted by molar-refractivity contribution is 6.31. The first-order chi connectivity index (χ1) is 13.9. The highest BCUT2D eigenvalue weighted by atomic mass is 35.5. The van der Waals surface area contributed by atoms with Crippen LogP contribution in [0.15, 0.2) is 36.4 Å². The smallest absolute Gasteiger partial charge is 0.260 e. The van der Waals surface area contributed by atoms with Crippen LogP contribution in [0.5, 0.6) is 11.5 Å². The summed E-state index contributed by atoms with van der Waals surface area (Å²) < 4.78 is 10.9. The molecule has 2 aromatic carbocycles. The molecule has 3 rings (SSSR count). The van der Waals surface area contributed by atoms with Gasteiger partial charge in [0.1, 0.15) is 11.5 Å². The van der Waals surface area contributed by atoms with Crippen LogP contribution in [-0.4, -0.2) is 61.5 Å². The molecule has 29 heavy (non-hydrogen) atoms. The Bertz CT molecular complexity index is 908. The number of nitrogens with zero attached hydrogens (tertiary/aromatic N) is 2. The zero-order chi connectivity index (χ0) is 21.0. The highest BCUT2D eigenvalue weighted by Gasteiger charge is 2.26. The third-order valence-corrected chi connectivity index (χ3v) is 5.39. The molecule has 7 heteroatoms. The molecular formula is C22H25ClN2O4. The van der Waals surface area contributed by atoms with Crippen molar-refractivity contribution in [2.75, 3.05) is 39.9 Å². The van der Waals surface area contributed by atoms with Crippen molar-refractivity contribution < 1.29 is 19.1 Å². The van der Waals surface area contributed by atoms with Crippen molar-refractivity contribution in [3.05, 3.63) is 58.1 Å². The van der Waals surface area contributed by atoms with E-state index in [9.17, 15) is 9.59 Å². The molecule has 0 spiro atoms. The van der Waals surface area contributed by atoms with Crippen LogP contribution < -0.4 is 9.47 Å². The molecule has 1 aliphatic heterocycles. The van der Waals surface area contributed by atoms with E-state index in [4.69, 9.17) is 21.1 Å². The van der Waals surface area contributed by atoms with Gasteiger partial charge in [0.25, 0.3) is 11.8 Å². The van der Waals surface area contributed by atoms with Crippen molar-refractivity contribution in [3.8, 4) is 11.5 Å². The van der Waals surface area contributed by atoms with Gasteiger partial charge in [-0.15, -0.1) is 0 Å². The predicted molar refractivity (Wildman–Crippen MR) is 112 cm³/mol. The zero-order valence-corrected chi connectivity index (χ0v) is 17.7. The maximum atomic E-state index is 12.8. The number of ether oxygens (including phenoxy) is 2. The second kappa shape index (κ2) is 9.18. The Morgan fingerprint density at radius 1 is 0.966 bits per heavy atom. The number of hydrogen-bond acceptors (Lipinski definition) is 4. The van der Waals surface area contributed by atoms with Crippen molar-refractivity contribution in [1.29, 1.82) is 0 Å². The number of aryl methyl sites for hydroxylation is 2. The summed E-state index contributed by atoms with van der Waals surface area (Å²) in [6.07, 6.45) is 0. The summed E-state index contributed by atoms with van der Waals surface area (Å²) in [5, 5.41) is 0.478. The molecule has 1 heterocycles. The van der Waals surface area contributed by atoms with Crippen LogP contribution in [-0.2, 0) is 4.79 Å². The molecule has 0 saturated carbocycles. The first-order valence-electron chi connectivity index (χ1n) is 9.49. The van der Waals surface area contributed by atoms with Crippen LogP contribution in [0.25, 0.3) is 0 Å². The van der Waals surface area contributed by atoms with E-state index in [0.29, 0.717) is 48.3 Å². The predicted octanol–water partition coefficient (Wildman–Crippen LogP) is 3.33. The number of halogens is 1. The topological polar surface area (TPSA) is 59.1 Å². The number of amides is 2. The number of carbonyl (C=O) groups is 2. The van der Waals surface area contributed by atoms with Crippen LogP contribution in [0.2, 0.25) is 5.02 Å². The average molecular weight is 417 g/mol. The van der Waals surface area contributed by atoms with Crippen LogP contribution in [0, 0.1) is 13.8 Å². The maximum Gasteiger partial charge on any atom is 0.260 e. The molecular weight excluding hydrogens is 392 g/mol. The van der Waals surface area contributed by atoms with E-state index >= 15 is 0 Å². The molecule has 1 fully saturated rings. The van der Waals surface area contributed by atoms with Crippen molar-refractivity contribution >= 4 is 23.4 Å². The number of methoxy groups -OCH3 is 1. The highest BCUT2D eigenvalue weighted by Crippen LogP contribution is 2.24. The second-order valence-electron chi connectivity index (χ2n) is 7.05. The number of benzene rings is 2. The van der Waals surface area contributed by atoms with Gasteiger partial charge in [-0.05, 0) is 55.3 Å². The lowest BCUT2D eigenvalue weighted by molar-refractivity contribution is -0.134. The van der Waals surface area contributed by atoms with Gasteiger partial charge in [0.15, 0.2) is 6.61 Å². The fourth-order valence-corrected chi connectivity index (χ4v) is 3.39. The summed E-state index contributed by atoms with van der Waals surface area (Å²) in [6, 6.07) is 10.7. The number of rotatable bonds is 5. The van der Waals surface area contributed by atoms with E-state index in [1.807, 2.05) is 32.0 Å². The Labute approximate surface area is 176 Å². The van der Waals surface area contributed by atoms with E-state index < -0.39 is 0 Å². The molecule has 2 aromatic rings. The van der Waals surface area contributed by atoms with E-state index in [1.54, 1.807) is 28.0 Å². The summed E-state index contributed by atoms with van der Waals surface area (Å²) in [4.78, 5) is 28.7. The standard InChI is InChI=1S/C22H25ClN2O4/c1-15-4-6-18(12-16(15)2)29-14-21(26)24-8-10-25(11-9-24)22(27)19-13-17(23)5-7-20(19)28-3/h4-7,12-13H,8-11,14H2,1-3H3. The Morgan fingerprint density at radius 2 is 1.66 bits per heavy atom. The fourth-order valence-electron chi connectivity index (χ4n) is 3.22. The first-order valence-corrected chi connectivity index (χ1v) is 9.87. The van der Waals surface area contributed by atoms with Crippen molar-refractivity contribution in [2.45, 2.75) is 13.8 Å². The minimum atomic E-state index is -0.150. The van der Waals surface area contributed by atoms with Crippen LogP contribution in [0.1, 0.15) is 21.5 Å². The Kier molecular flexibility index (Phi) is 6.64. The molecule has 0 aliphatic carbocycles. The number of piperazine rings is 1. The first kappa shape index (κ1) is 21.0. The largest absolute Gasteiger partial charge is 0.496 e. The molecule has 6 nitrogen and oxygen atoms in total. The summed E-state index contributed by atoms with van der Waals surface area (Å²) in [5.74, 6) is 0.932. The molecule has 0 N–H and O–H groups in total. The quantitative estimate of drug-likeness (QED) is 0.750. The van der Waals surface area contributed by atoms with Gasteiger partial charge in [0.2, 0.25) is 0 Å². The van der Waals surface area contributed by atoms with Crippen molar-refractivity contribution in [3.63, 3.8) is 0 Å². The molecule has 0 radical (unpaired) electrons. The molecule has 0 atom stereocenters. The van der Waals surface area contributed by atoms with E-state index in [2.05, 4.69) is 0 Å². The van der Waals surface area contributed by atoms with E-state index in [0.717, 1.165) is 5.56 Å². The molecule has 0 bridgehead atoms. The summed E-state index contributed by atoms with van der Waals surface area (Å²) in [6.45, 7) is 5.85. The van der Waals surface area contributed by atoms with Crippen LogP contribution >= 0.6 is 11.6 Å². The van der Waals surface area contributed by atoms with Gasteiger partial charge in [-0.1, -0.05) is 17.7 Å². The van der Waals surface area contributed by atoms with Gasteiger partial charge in [-0.2, -0.15) is 0 Å². The minimum absolute atomic E-state index is 0.0153. The normalized spacial score (nSPS) is 13.9. The van der Waals surface area contributed by atoms with Gasteiger partial charge in [0.05, 0.1) is 12.7 Å². The van der Waals surface area contributed by atoms with Gasteiger partial charge >= 0.3 is 0 Å². The summed E-state index contributed by atoms with van der Waals surface area (Å²) in [5.41, 5.74) is 2.73. The second-order valence-corrected chi connectivity index (χ2v) is 7.49.